The average Bonchev–Trinajstić information content (AvgIpc) is 2.83. The number of aryl methyl sites for hydroxylation is 2. The van der Waals surface area contributed by atoms with Gasteiger partial charge in [-0.3, -0.25) is 14.7 Å². The van der Waals surface area contributed by atoms with E-state index in [2.05, 4.69) is 10.2 Å². The molecule has 1 amide bonds. The van der Waals surface area contributed by atoms with E-state index in [1.807, 2.05) is 50.2 Å². The molecule has 1 fully saturated rings. The van der Waals surface area contributed by atoms with Crippen molar-refractivity contribution in [2.45, 2.75) is 51.9 Å². The number of aromatic nitrogens is 1. The molecule has 0 saturated carbocycles. The van der Waals surface area contributed by atoms with Crippen LogP contribution >= 0.6 is 0 Å². The Kier molecular flexibility index (Phi) is 7.55. The fourth-order valence-corrected chi connectivity index (χ4v) is 4.63. The van der Waals surface area contributed by atoms with E-state index in [0.29, 0.717) is 24.2 Å². The second-order valence-electron chi connectivity index (χ2n) is 9.24. The predicted octanol–water partition coefficient (Wildman–Crippen LogP) is 6.03. The fraction of sp³-hybridized carbons (Fsp3) is 0.357. The third-order valence-corrected chi connectivity index (χ3v) is 6.64. The number of hydrogen-bond donors (Lipinski definition) is 1. The van der Waals surface area contributed by atoms with Crippen molar-refractivity contribution in [2.24, 2.45) is 0 Å². The molecular weight excluding hydrogens is 451 g/mol. The summed E-state index contributed by atoms with van der Waals surface area (Å²) in [6.07, 6.45) is -2.74. The molecule has 7 heteroatoms. The second kappa shape index (κ2) is 10.6. The molecule has 2 heterocycles. The third-order valence-electron chi connectivity index (χ3n) is 6.64. The lowest BCUT2D eigenvalue weighted by Crippen LogP contribution is -2.34. The van der Waals surface area contributed by atoms with Crippen molar-refractivity contribution in [1.82, 2.24) is 15.2 Å². The zero-order valence-corrected chi connectivity index (χ0v) is 20.0. The summed E-state index contributed by atoms with van der Waals surface area (Å²) < 4.78 is 39.1. The summed E-state index contributed by atoms with van der Waals surface area (Å²) in [6.45, 7) is 6.34. The molecule has 4 rings (SSSR count). The van der Waals surface area contributed by atoms with Crippen molar-refractivity contribution in [1.29, 1.82) is 0 Å². The van der Waals surface area contributed by atoms with Gasteiger partial charge in [0.25, 0.3) is 5.91 Å². The number of nitrogens with one attached hydrogen (secondary N) is 1. The number of nitrogens with zero attached hydrogens (tertiary/aromatic N) is 2. The number of hydrogen-bond acceptors (Lipinski definition) is 3. The maximum Gasteiger partial charge on any atom is 0.416 e. The number of carbonyl (C=O) groups is 1. The highest BCUT2D eigenvalue weighted by atomic mass is 19.4. The minimum Gasteiger partial charge on any atom is -0.348 e. The van der Waals surface area contributed by atoms with Crippen LogP contribution in [-0.2, 0) is 19.3 Å². The van der Waals surface area contributed by atoms with Gasteiger partial charge < -0.3 is 5.32 Å². The van der Waals surface area contributed by atoms with Gasteiger partial charge in [0.1, 0.15) is 0 Å². The van der Waals surface area contributed by atoms with E-state index in [0.717, 1.165) is 54.5 Å². The largest absolute Gasteiger partial charge is 0.416 e. The number of carbonyl (C=O) groups excluding carboxylic acids is 1. The Hall–Kier alpha value is -3.19. The van der Waals surface area contributed by atoms with Crippen molar-refractivity contribution < 1.29 is 18.0 Å². The Morgan fingerprint density at radius 1 is 1.03 bits per heavy atom. The lowest BCUT2D eigenvalue weighted by molar-refractivity contribution is -0.137. The highest BCUT2D eigenvalue weighted by Crippen LogP contribution is 2.32. The van der Waals surface area contributed by atoms with Crippen LogP contribution in [0.15, 0.2) is 60.7 Å². The van der Waals surface area contributed by atoms with Gasteiger partial charge in [0.2, 0.25) is 0 Å². The van der Waals surface area contributed by atoms with Gasteiger partial charge in [0.05, 0.1) is 16.8 Å². The molecule has 1 N–H and O–H groups in total. The van der Waals surface area contributed by atoms with E-state index in [-0.39, 0.29) is 11.8 Å². The second-order valence-corrected chi connectivity index (χ2v) is 9.24. The Morgan fingerprint density at radius 2 is 1.77 bits per heavy atom. The molecule has 0 aliphatic carbocycles. The van der Waals surface area contributed by atoms with Crippen LogP contribution in [-0.4, -0.2) is 28.9 Å². The normalized spacial score (nSPS) is 15.2. The first-order valence-electron chi connectivity index (χ1n) is 11.9. The molecule has 0 unspecified atom stereocenters. The number of alkyl halides is 3. The molecule has 0 atom stereocenters. The predicted molar refractivity (Wildman–Crippen MR) is 130 cm³/mol. The molecule has 2 aromatic carbocycles. The highest BCUT2D eigenvalue weighted by molar-refractivity contribution is 5.95. The third kappa shape index (κ3) is 6.28. The molecule has 1 aliphatic heterocycles. The molecular formula is C28H30F3N3O. The average molecular weight is 482 g/mol. The van der Waals surface area contributed by atoms with Gasteiger partial charge in [-0.1, -0.05) is 42.5 Å². The summed E-state index contributed by atoms with van der Waals surface area (Å²) in [7, 11) is 0. The van der Waals surface area contributed by atoms with Crippen LogP contribution in [0.2, 0.25) is 0 Å². The minimum atomic E-state index is -4.34. The molecule has 0 bridgehead atoms. The SMILES string of the molecule is Cc1ccc(C(=O)NCc2ccccc2C)c(C2CCN(Cc3cccc(C(F)(F)F)c3)CC2)n1. The van der Waals surface area contributed by atoms with Crippen LogP contribution in [0.25, 0.3) is 0 Å². The van der Waals surface area contributed by atoms with Crippen LogP contribution in [0.3, 0.4) is 0 Å². The number of rotatable bonds is 6. The van der Waals surface area contributed by atoms with Gasteiger partial charge in [0, 0.05) is 24.7 Å². The van der Waals surface area contributed by atoms with Crippen molar-refractivity contribution in [3.05, 3.63) is 99.9 Å². The Labute approximate surface area is 204 Å². The molecule has 1 saturated heterocycles. The lowest BCUT2D eigenvalue weighted by Gasteiger charge is -2.32. The fourth-order valence-electron chi connectivity index (χ4n) is 4.63. The zero-order valence-electron chi connectivity index (χ0n) is 20.0. The number of likely N-dealkylation sites (tertiary alicyclic amines) is 1. The summed E-state index contributed by atoms with van der Waals surface area (Å²) in [4.78, 5) is 20.0. The standard InChI is InChI=1S/C28H30F3N3O/c1-19-6-3-4-8-23(19)17-32-27(35)25-11-10-20(2)33-26(25)22-12-14-34(15-13-22)18-21-7-5-9-24(16-21)28(29,30)31/h3-11,16,22H,12-15,17-18H2,1-2H3,(H,32,35). The highest BCUT2D eigenvalue weighted by Gasteiger charge is 2.31. The zero-order chi connectivity index (χ0) is 25.0. The van der Waals surface area contributed by atoms with Gasteiger partial charge in [0.15, 0.2) is 0 Å². The van der Waals surface area contributed by atoms with Crippen LogP contribution in [0.1, 0.15) is 62.8 Å². The van der Waals surface area contributed by atoms with Gasteiger partial charge in [-0.05, 0) is 74.7 Å². The molecule has 184 valence electrons. The monoisotopic (exact) mass is 481 g/mol. The molecule has 1 aromatic heterocycles. The number of benzene rings is 2. The Bertz CT molecular complexity index is 1180. The molecule has 35 heavy (non-hydrogen) atoms. The summed E-state index contributed by atoms with van der Waals surface area (Å²) in [5, 5.41) is 3.03. The smallest absolute Gasteiger partial charge is 0.348 e. The minimum absolute atomic E-state index is 0.131. The van der Waals surface area contributed by atoms with Crippen LogP contribution in [0, 0.1) is 13.8 Å². The molecule has 3 aromatic rings. The van der Waals surface area contributed by atoms with Crippen molar-refractivity contribution in [2.75, 3.05) is 13.1 Å². The van der Waals surface area contributed by atoms with E-state index in [4.69, 9.17) is 4.98 Å². The van der Waals surface area contributed by atoms with E-state index < -0.39 is 11.7 Å². The number of halogens is 3. The van der Waals surface area contributed by atoms with Crippen molar-refractivity contribution in [3.63, 3.8) is 0 Å². The summed E-state index contributed by atoms with van der Waals surface area (Å²) in [6, 6.07) is 17.2. The lowest BCUT2D eigenvalue weighted by atomic mass is 9.89. The van der Waals surface area contributed by atoms with E-state index in [9.17, 15) is 18.0 Å². The van der Waals surface area contributed by atoms with Gasteiger partial charge in [-0.15, -0.1) is 0 Å². The molecule has 0 spiro atoms. The Balaban J connectivity index is 1.41. The first-order chi connectivity index (χ1) is 16.7. The van der Waals surface area contributed by atoms with Gasteiger partial charge >= 0.3 is 6.18 Å². The van der Waals surface area contributed by atoms with E-state index >= 15 is 0 Å². The number of piperidine rings is 1. The van der Waals surface area contributed by atoms with Crippen molar-refractivity contribution in [3.8, 4) is 0 Å². The first kappa shape index (κ1) is 24.9. The van der Waals surface area contributed by atoms with Crippen molar-refractivity contribution >= 4 is 5.91 Å². The molecule has 0 radical (unpaired) electrons. The number of pyridine rings is 1. The summed E-state index contributed by atoms with van der Waals surface area (Å²) in [5.74, 6) is -0.00554. The van der Waals surface area contributed by atoms with E-state index in [1.165, 1.54) is 12.1 Å². The molecule has 1 aliphatic rings. The summed E-state index contributed by atoms with van der Waals surface area (Å²) in [5.41, 5.74) is 4.51. The number of amides is 1. The first-order valence-corrected chi connectivity index (χ1v) is 11.9. The van der Waals surface area contributed by atoms with E-state index in [1.54, 1.807) is 6.07 Å². The topological polar surface area (TPSA) is 45.2 Å². The summed E-state index contributed by atoms with van der Waals surface area (Å²) >= 11 is 0. The van der Waals surface area contributed by atoms with Gasteiger partial charge in [-0.25, -0.2) is 0 Å². The van der Waals surface area contributed by atoms with Crippen LogP contribution in [0.4, 0.5) is 13.2 Å². The maximum absolute atomic E-state index is 13.1. The maximum atomic E-state index is 13.1. The Morgan fingerprint density at radius 3 is 2.49 bits per heavy atom. The molecule has 4 nitrogen and oxygen atoms in total. The van der Waals surface area contributed by atoms with Crippen LogP contribution < -0.4 is 5.32 Å². The van der Waals surface area contributed by atoms with Gasteiger partial charge in [-0.2, -0.15) is 13.2 Å². The van der Waals surface area contributed by atoms with Crippen LogP contribution in [0.5, 0.6) is 0 Å². The quantitative estimate of drug-likeness (QED) is 0.468.